The SMILES string of the molecule is CCN(C1=C(c2ccc(C)cc2)C(=O)N(c2cc(C)cc(C)c2)C1=O)c1ccccc1. The van der Waals surface area contributed by atoms with E-state index in [1.807, 2.05) is 105 Å². The number of aryl methyl sites for hydroxylation is 3. The number of nitrogens with zero attached hydrogens (tertiary/aromatic N) is 2. The van der Waals surface area contributed by atoms with Crippen LogP contribution in [0.15, 0.2) is 78.5 Å². The van der Waals surface area contributed by atoms with Crippen molar-refractivity contribution < 1.29 is 9.59 Å². The molecule has 4 rings (SSSR count). The molecule has 0 aromatic heterocycles. The first kappa shape index (κ1) is 20.6. The van der Waals surface area contributed by atoms with E-state index in [-0.39, 0.29) is 11.8 Å². The average Bonchev–Trinajstić information content (AvgIpc) is 3.00. The number of benzene rings is 3. The van der Waals surface area contributed by atoms with Crippen molar-refractivity contribution in [1.82, 2.24) is 0 Å². The Bertz CT molecular complexity index is 1160. The number of hydrogen-bond acceptors (Lipinski definition) is 3. The summed E-state index contributed by atoms with van der Waals surface area (Å²) in [5.41, 5.74) is 6.22. The number of amides is 2. The molecule has 0 N–H and O–H groups in total. The summed E-state index contributed by atoms with van der Waals surface area (Å²) >= 11 is 0. The third-order valence-corrected chi connectivity index (χ3v) is 5.52. The molecule has 31 heavy (non-hydrogen) atoms. The minimum atomic E-state index is -0.295. The number of likely N-dealkylation sites (N-methyl/N-ethyl adjacent to an activating group) is 1. The number of anilines is 2. The molecule has 0 unspecified atom stereocenters. The molecule has 156 valence electrons. The van der Waals surface area contributed by atoms with Gasteiger partial charge in [-0.2, -0.15) is 0 Å². The lowest BCUT2D eigenvalue weighted by Gasteiger charge is -2.25. The quantitative estimate of drug-likeness (QED) is 0.527. The fourth-order valence-corrected chi connectivity index (χ4v) is 4.14. The highest BCUT2D eigenvalue weighted by molar-refractivity contribution is 6.46. The van der Waals surface area contributed by atoms with Gasteiger partial charge in [0.05, 0.1) is 11.3 Å². The molecule has 0 bridgehead atoms. The van der Waals surface area contributed by atoms with Crippen molar-refractivity contribution in [3.63, 3.8) is 0 Å². The molecule has 0 atom stereocenters. The molecule has 0 fully saturated rings. The number of hydrogen-bond donors (Lipinski definition) is 0. The van der Waals surface area contributed by atoms with Gasteiger partial charge in [-0.05, 0) is 68.7 Å². The van der Waals surface area contributed by atoms with Crippen LogP contribution in [-0.4, -0.2) is 18.4 Å². The van der Waals surface area contributed by atoms with Gasteiger partial charge >= 0.3 is 0 Å². The Hall–Kier alpha value is -3.66. The molecule has 2 amide bonds. The zero-order chi connectivity index (χ0) is 22.1. The summed E-state index contributed by atoms with van der Waals surface area (Å²) in [6, 6.07) is 23.3. The first-order valence-electron chi connectivity index (χ1n) is 10.5. The molecule has 0 spiro atoms. The molecule has 4 nitrogen and oxygen atoms in total. The first-order chi connectivity index (χ1) is 14.9. The molecule has 0 aliphatic carbocycles. The smallest absolute Gasteiger partial charge is 0.282 e. The summed E-state index contributed by atoms with van der Waals surface area (Å²) in [7, 11) is 0. The highest BCUT2D eigenvalue weighted by Crippen LogP contribution is 2.37. The summed E-state index contributed by atoms with van der Waals surface area (Å²) in [6.45, 7) is 8.50. The van der Waals surface area contributed by atoms with E-state index >= 15 is 0 Å². The van der Waals surface area contributed by atoms with E-state index in [2.05, 4.69) is 0 Å². The van der Waals surface area contributed by atoms with Crippen molar-refractivity contribution >= 4 is 28.8 Å². The average molecular weight is 411 g/mol. The first-order valence-corrected chi connectivity index (χ1v) is 10.5. The third-order valence-electron chi connectivity index (χ3n) is 5.52. The van der Waals surface area contributed by atoms with Gasteiger partial charge in [0.1, 0.15) is 5.70 Å². The maximum absolute atomic E-state index is 13.8. The maximum Gasteiger partial charge on any atom is 0.282 e. The number of para-hydroxylation sites is 1. The van der Waals surface area contributed by atoms with Gasteiger partial charge in [0, 0.05) is 12.2 Å². The molecule has 3 aromatic rings. The van der Waals surface area contributed by atoms with Crippen LogP contribution >= 0.6 is 0 Å². The Balaban J connectivity index is 1.92. The van der Waals surface area contributed by atoms with Gasteiger partial charge in [-0.15, -0.1) is 0 Å². The van der Waals surface area contributed by atoms with Crippen LogP contribution in [0.1, 0.15) is 29.2 Å². The highest BCUT2D eigenvalue weighted by Gasteiger charge is 2.42. The molecule has 1 aliphatic heterocycles. The van der Waals surface area contributed by atoms with Gasteiger partial charge in [-0.3, -0.25) is 9.59 Å². The minimum absolute atomic E-state index is 0.289. The van der Waals surface area contributed by atoms with E-state index in [1.165, 1.54) is 4.90 Å². The molecule has 0 saturated carbocycles. The zero-order valence-electron chi connectivity index (χ0n) is 18.3. The largest absolute Gasteiger partial charge is 0.337 e. The number of carbonyl (C=O) groups is 2. The predicted molar refractivity (Wildman–Crippen MR) is 126 cm³/mol. The molecule has 1 aliphatic rings. The van der Waals surface area contributed by atoms with E-state index in [9.17, 15) is 9.59 Å². The Morgan fingerprint density at radius 2 is 1.35 bits per heavy atom. The Morgan fingerprint density at radius 3 is 1.94 bits per heavy atom. The van der Waals surface area contributed by atoms with Crippen LogP contribution in [0.3, 0.4) is 0 Å². The standard InChI is InChI=1S/C27H26N2O2/c1-5-28(22-9-7-6-8-10-22)25-24(21-13-11-18(2)12-14-21)26(30)29(27(25)31)23-16-19(3)15-20(4)17-23/h6-17H,5H2,1-4H3. The van der Waals surface area contributed by atoms with Crippen LogP contribution in [-0.2, 0) is 9.59 Å². The lowest BCUT2D eigenvalue weighted by molar-refractivity contribution is -0.120. The van der Waals surface area contributed by atoms with Crippen LogP contribution in [0, 0.1) is 20.8 Å². The molecular weight excluding hydrogens is 384 g/mol. The van der Waals surface area contributed by atoms with Gasteiger partial charge in [-0.25, -0.2) is 4.90 Å². The van der Waals surface area contributed by atoms with Gasteiger partial charge in [0.25, 0.3) is 11.8 Å². The van der Waals surface area contributed by atoms with Crippen LogP contribution < -0.4 is 9.80 Å². The highest BCUT2D eigenvalue weighted by atomic mass is 16.2. The van der Waals surface area contributed by atoms with E-state index in [1.54, 1.807) is 0 Å². The number of imide groups is 1. The Kier molecular flexibility index (Phi) is 5.47. The maximum atomic E-state index is 13.8. The second kappa shape index (κ2) is 8.23. The Morgan fingerprint density at radius 1 is 0.742 bits per heavy atom. The van der Waals surface area contributed by atoms with Crippen LogP contribution in [0.5, 0.6) is 0 Å². The van der Waals surface area contributed by atoms with Crippen molar-refractivity contribution in [2.45, 2.75) is 27.7 Å². The van der Waals surface area contributed by atoms with Crippen LogP contribution in [0.4, 0.5) is 11.4 Å². The molecule has 0 radical (unpaired) electrons. The fraction of sp³-hybridized carbons (Fsp3) is 0.185. The summed E-state index contributed by atoms with van der Waals surface area (Å²) in [5.74, 6) is -0.584. The fourth-order valence-electron chi connectivity index (χ4n) is 4.14. The van der Waals surface area contributed by atoms with Crippen molar-refractivity contribution in [3.05, 3.63) is 101 Å². The van der Waals surface area contributed by atoms with Crippen molar-refractivity contribution in [1.29, 1.82) is 0 Å². The van der Waals surface area contributed by atoms with E-state index in [0.29, 0.717) is 23.5 Å². The molecule has 4 heteroatoms. The monoisotopic (exact) mass is 410 g/mol. The third kappa shape index (κ3) is 3.77. The number of carbonyl (C=O) groups excluding carboxylic acids is 2. The van der Waals surface area contributed by atoms with Crippen molar-refractivity contribution in [3.8, 4) is 0 Å². The topological polar surface area (TPSA) is 40.6 Å². The van der Waals surface area contributed by atoms with Crippen molar-refractivity contribution in [2.75, 3.05) is 16.3 Å². The van der Waals surface area contributed by atoms with Gasteiger partial charge in [0.15, 0.2) is 0 Å². The lowest BCUT2D eigenvalue weighted by atomic mass is 10.0. The predicted octanol–water partition coefficient (Wildman–Crippen LogP) is 5.42. The van der Waals surface area contributed by atoms with Crippen molar-refractivity contribution in [2.24, 2.45) is 0 Å². The summed E-state index contributed by atoms with van der Waals surface area (Å²) in [5, 5.41) is 0. The van der Waals surface area contributed by atoms with Crippen LogP contribution in [0.2, 0.25) is 0 Å². The molecule has 0 saturated heterocycles. The molecular formula is C27H26N2O2. The second-order valence-corrected chi connectivity index (χ2v) is 7.96. The second-order valence-electron chi connectivity index (χ2n) is 7.96. The van der Waals surface area contributed by atoms with E-state index in [0.717, 1.165) is 27.9 Å². The summed E-state index contributed by atoms with van der Waals surface area (Å²) in [6.07, 6.45) is 0. The summed E-state index contributed by atoms with van der Waals surface area (Å²) < 4.78 is 0. The summed E-state index contributed by atoms with van der Waals surface area (Å²) in [4.78, 5) is 30.7. The minimum Gasteiger partial charge on any atom is -0.337 e. The van der Waals surface area contributed by atoms with Gasteiger partial charge in [-0.1, -0.05) is 54.1 Å². The lowest BCUT2D eigenvalue weighted by Crippen LogP contribution is -2.35. The molecule has 3 aromatic carbocycles. The Labute approximate surface area is 183 Å². The van der Waals surface area contributed by atoms with E-state index < -0.39 is 0 Å². The van der Waals surface area contributed by atoms with Gasteiger partial charge < -0.3 is 4.90 Å². The van der Waals surface area contributed by atoms with E-state index in [4.69, 9.17) is 0 Å². The van der Waals surface area contributed by atoms with Gasteiger partial charge in [0.2, 0.25) is 0 Å². The normalized spacial score (nSPS) is 13.9. The zero-order valence-corrected chi connectivity index (χ0v) is 18.3. The van der Waals surface area contributed by atoms with Crippen LogP contribution in [0.25, 0.3) is 5.57 Å². The number of rotatable bonds is 5. The molecule has 1 heterocycles.